The van der Waals surface area contributed by atoms with Gasteiger partial charge in [-0.15, -0.1) is 0 Å². The first kappa shape index (κ1) is 18.1. The van der Waals surface area contributed by atoms with Gasteiger partial charge in [0.15, 0.2) is 0 Å². The number of anilines is 1. The number of rotatable bonds is 4. The molecule has 1 aromatic heterocycles. The Kier molecular flexibility index (Phi) is 4.68. The highest BCUT2D eigenvalue weighted by atomic mass is 16.1. The number of hydrogen-bond acceptors (Lipinski definition) is 4. The van der Waals surface area contributed by atoms with Crippen molar-refractivity contribution in [2.75, 3.05) is 18.0 Å². The highest BCUT2D eigenvalue weighted by molar-refractivity contribution is 5.41. The summed E-state index contributed by atoms with van der Waals surface area (Å²) < 4.78 is 2.28. The second-order valence-electron chi connectivity index (χ2n) is 8.15. The number of hydrogen-bond donors (Lipinski definition) is 0. The van der Waals surface area contributed by atoms with E-state index < -0.39 is 0 Å². The molecule has 2 aliphatic rings. The second-order valence-corrected chi connectivity index (χ2v) is 8.15. The fraction of sp³-hybridized carbons (Fsp3) is 0.333. The molecule has 5 rings (SSSR count). The van der Waals surface area contributed by atoms with E-state index in [4.69, 9.17) is 0 Å². The third kappa shape index (κ3) is 3.58. The topological polar surface area (TPSA) is 41.4 Å². The zero-order valence-corrected chi connectivity index (χ0v) is 16.8. The Balaban J connectivity index is 1.39. The summed E-state index contributed by atoms with van der Waals surface area (Å²) in [5.41, 5.74) is 5.83. The van der Waals surface area contributed by atoms with Crippen LogP contribution in [-0.2, 0) is 32.6 Å². The molecule has 0 bridgehead atoms. The molecule has 2 aromatic carbocycles. The molecular weight excluding hydrogens is 360 g/mol. The van der Waals surface area contributed by atoms with E-state index in [1.807, 2.05) is 6.07 Å². The molecule has 0 unspecified atom stereocenters. The van der Waals surface area contributed by atoms with Gasteiger partial charge in [0.05, 0.1) is 5.56 Å². The van der Waals surface area contributed by atoms with Crippen molar-refractivity contribution >= 4 is 5.95 Å². The standard InChI is InChI=1S/C24H26N4O/c1-18-6-5-9-20(14-18)16-27-12-13-28-22-10-11-26(15-19-7-3-2-4-8-19)17-21(22)23(29)25-24(27)28/h2-9,14H,10-13,15-17H2,1H3. The minimum Gasteiger partial charge on any atom is -0.336 e. The van der Waals surface area contributed by atoms with Crippen LogP contribution in [0.1, 0.15) is 27.9 Å². The molecule has 2 aliphatic heterocycles. The van der Waals surface area contributed by atoms with Crippen LogP contribution in [0.2, 0.25) is 0 Å². The molecule has 0 N–H and O–H groups in total. The van der Waals surface area contributed by atoms with E-state index in [9.17, 15) is 4.79 Å². The van der Waals surface area contributed by atoms with Crippen LogP contribution in [-0.4, -0.2) is 27.5 Å². The lowest BCUT2D eigenvalue weighted by molar-refractivity contribution is 0.239. The van der Waals surface area contributed by atoms with Crippen LogP contribution in [0.4, 0.5) is 5.95 Å². The van der Waals surface area contributed by atoms with Gasteiger partial charge in [0.2, 0.25) is 5.95 Å². The molecule has 5 heteroatoms. The summed E-state index contributed by atoms with van der Waals surface area (Å²) in [5, 5.41) is 0. The number of benzene rings is 2. The van der Waals surface area contributed by atoms with Crippen molar-refractivity contribution in [2.24, 2.45) is 0 Å². The number of nitrogens with zero attached hydrogens (tertiary/aromatic N) is 4. The number of fused-ring (bicyclic) bond motifs is 3. The van der Waals surface area contributed by atoms with Crippen molar-refractivity contribution in [1.29, 1.82) is 0 Å². The van der Waals surface area contributed by atoms with Crippen LogP contribution in [0.3, 0.4) is 0 Å². The minimum absolute atomic E-state index is 0.0554. The summed E-state index contributed by atoms with van der Waals surface area (Å²) in [6.45, 7) is 7.27. The van der Waals surface area contributed by atoms with Crippen LogP contribution in [0.15, 0.2) is 59.4 Å². The summed E-state index contributed by atoms with van der Waals surface area (Å²) in [7, 11) is 0. The fourth-order valence-corrected chi connectivity index (χ4v) is 4.59. The maximum Gasteiger partial charge on any atom is 0.279 e. The lowest BCUT2D eigenvalue weighted by Gasteiger charge is -2.30. The van der Waals surface area contributed by atoms with Gasteiger partial charge < -0.3 is 9.47 Å². The van der Waals surface area contributed by atoms with Crippen LogP contribution < -0.4 is 10.5 Å². The van der Waals surface area contributed by atoms with Crippen LogP contribution >= 0.6 is 0 Å². The van der Waals surface area contributed by atoms with E-state index in [2.05, 4.69) is 74.8 Å². The predicted molar refractivity (Wildman–Crippen MR) is 115 cm³/mol. The van der Waals surface area contributed by atoms with E-state index in [1.165, 1.54) is 22.4 Å². The maximum atomic E-state index is 12.9. The Hall–Kier alpha value is -2.92. The Morgan fingerprint density at radius 1 is 0.931 bits per heavy atom. The third-order valence-corrected chi connectivity index (χ3v) is 6.00. The van der Waals surface area contributed by atoms with Crippen molar-refractivity contribution in [3.8, 4) is 0 Å². The van der Waals surface area contributed by atoms with E-state index >= 15 is 0 Å². The van der Waals surface area contributed by atoms with Gasteiger partial charge in [-0.2, -0.15) is 4.98 Å². The number of aromatic nitrogens is 2. The van der Waals surface area contributed by atoms with E-state index in [1.54, 1.807) is 0 Å². The molecule has 5 nitrogen and oxygen atoms in total. The van der Waals surface area contributed by atoms with Gasteiger partial charge in [-0.05, 0) is 18.1 Å². The molecule has 0 saturated carbocycles. The molecule has 0 amide bonds. The van der Waals surface area contributed by atoms with Crippen LogP contribution in [0.25, 0.3) is 0 Å². The summed E-state index contributed by atoms with van der Waals surface area (Å²) in [6.07, 6.45) is 0.908. The zero-order valence-electron chi connectivity index (χ0n) is 16.8. The Morgan fingerprint density at radius 2 is 1.76 bits per heavy atom. The third-order valence-electron chi connectivity index (χ3n) is 6.00. The minimum atomic E-state index is -0.0554. The molecule has 148 valence electrons. The molecule has 0 saturated heterocycles. The highest BCUT2D eigenvalue weighted by Gasteiger charge is 2.29. The van der Waals surface area contributed by atoms with Gasteiger partial charge in [-0.3, -0.25) is 9.69 Å². The average molecular weight is 386 g/mol. The van der Waals surface area contributed by atoms with Gasteiger partial charge in [0.1, 0.15) is 0 Å². The first-order chi connectivity index (χ1) is 14.2. The quantitative estimate of drug-likeness (QED) is 0.691. The first-order valence-corrected chi connectivity index (χ1v) is 10.4. The number of aryl methyl sites for hydroxylation is 1. The highest BCUT2D eigenvalue weighted by Crippen LogP contribution is 2.26. The summed E-state index contributed by atoms with van der Waals surface area (Å²) in [4.78, 5) is 22.0. The smallest absolute Gasteiger partial charge is 0.279 e. The normalized spacial score (nSPS) is 16.0. The van der Waals surface area contributed by atoms with E-state index in [0.29, 0.717) is 6.54 Å². The average Bonchev–Trinajstić information content (AvgIpc) is 3.11. The lowest BCUT2D eigenvalue weighted by atomic mass is 10.1. The van der Waals surface area contributed by atoms with Crippen molar-refractivity contribution in [1.82, 2.24) is 14.5 Å². The first-order valence-electron chi connectivity index (χ1n) is 10.4. The van der Waals surface area contributed by atoms with E-state index in [0.717, 1.165) is 50.7 Å². The summed E-state index contributed by atoms with van der Waals surface area (Å²) in [5.74, 6) is 0.840. The Morgan fingerprint density at radius 3 is 2.59 bits per heavy atom. The monoisotopic (exact) mass is 386 g/mol. The fourth-order valence-electron chi connectivity index (χ4n) is 4.59. The summed E-state index contributed by atoms with van der Waals surface area (Å²) in [6, 6.07) is 19.0. The van der Waals surface area contributed by atoms with Gasteiger partial charge >= 0.3 is 0 Å². The van der Waals surface area contributed by atoms with E-state index in [-0.39, 0.29) is 5.56 Å². The Bertz CT molecular complexity index is 1090. The van der Waals surface area contributed by atoms with Gasteiger partial charge in [0, 0.05) is 51.4 Å². The van der Waals surface area contributed by atoms with Crippen molar-refractivity contribution < 1.29 is 0 Å². The van der Waals surface area contributed by atoms with Crippen molar-refractivity contribution in [3.63, 3.8) is 0 Å². The zero-order chi connectivity index (χ0) is 19.8. The van der Waals surface area contributed by atoms with Crippen molar-refractivity contribution in [2.45, 2.75) is 39.5 Å². The van der Waals surface area contributed by atoms with Crippen LogP contribution in [0.5, 0.6) is 0 Å². The largest absolute Gasteiger partial charge is 0.336 e. The van der Waals surface area contributed by atoms with Crippen molar-refractivity contribution in [3.05, 3.63) is 92.9 Å². The van der Waals surface area contributed by atoms with Crippen LogP contribution in [0, 0.1) is 6.92 Å². The molecule has 0 spiro atoms. The molecular formula is C24H26N4O. The van der Waals surface area contributed by atoms with Gasteiger partial charge in [-0.1, -0.05) is 60.2 Å². The lowest BCUT2D eigenvalue weighted by Crippen LogP contribution is -2.37. The molecule has 0 atom stereocenters. The molecule has 0 aliphatic carbocycles. The van der Waals surface area contributed by atoms with Gasteiger partial charge in [-0.25, -0.2) is 0 Å². The van der Waals surface area contributed by atoms with Gasteiger partial charge in [0.25, 0.3) is 5.56 Å². The Labute approximate surface area is 171 Å². The molecule has 3 aromatic rings. The molecule has 29 heavy (non-hydrogen) atoms. The molecule has 0 radical (unpaired) electrons. The summed E-state index contributed by atoms with van der Waals surface area (Å²) >= 11 is 0. The maximum absolute atomic E-state index is 12.9. The molecule has 3 heterocycles. The SMILES string of the molecule is Cc1cccc(CN2CCn3c2nc(=O)c2c3CCN(Cc3ccccc3)C2)c1. The second kappa shape index (κ2) is 7.48. The predicted octanol–water partition coefficient (Wildman–Crippen LogP) is 3.13. The molecule has 0 fully saturated rings.